The maximum Gasteiger partial charge on any atom is 0.214 e. The summed E-state index contributed by atoms with van der Waals surface area (Å²) in [7, 11) is 0. The summed E-state index contributed by atoms with van der Waals surface area (Å²) in [6.45, 7) is 0.611. The quantitative estimate of drug-likeness (QED) is 0.649. The molecule has 3 nitrogen and oxygen atoms in total. The second kappa shape index (κ2) is 5.15. The number of hydrogen-bond acceptors (Lipinski definition) is 3. The van der Waals surface area contributed by atoms with E-state index in [0.717, 1.165) is 17.1 Å². The van der Waals surface area contributed by atoms with Crippen molar-refractivity contribution in [3.8, 4) is 0 Å². The van der Waals surface area contributed by atoms with Crippen LogP contribution in [0.2, 0.25) is 0 Å². The number of pyridine rings is 1. The number of rotatable bonds is 2. The summed E-state index contributed by atoms with van der Waals surface area (Å²) in [4.78, 5) is 8.26. The van der Waals surface area contributed by atoms with E-state index in [0.29, 0.717) is 12.5 Å². The van der Waals surface area contributed by atoms with Crippen LogP contribution < -0.4 is 9.80 Å². The minimum Gasteiger partial charge on any atom is -0.320 e. The molecule has 0 bridgehead atoms. The van der Waals surface area contributed by atoms with Gasteiger partial charge in [0, 0.05) is 11.4 Å². The highest BCUT2D eigenvalue weighted by atomic mass is 19.1. The van der Waals surface area contributed by atoms with Crippen molar-refractivity contribution in [1.82, 2.24) is 4.98 Å². The number of halogens is 1. The van der Waals surface area contributed by atoms with E-state index in [2.05, 4.69) is 9.88 Å². The Bertz CT molecular complexity index is 790. The zero-order chi connectivity index (χ0) is 14.9. The number of hydrogen-bond donors (Lipinski definition) is 0. The van der Waals surface area contributed by atoms with Crippen molar-refractivity contribution in [3.05, 3.63) is 78.7 Å². The maximum atomic E-state index is 13.6. The van der Waals surface area contributed by atoms with E-state index >= 15 is 0 Å². The van der Waals surface area contributed by atoms with Gasteiger partial charge in [0.25, 0.3) is 0 Å². The number of anilines is 4. The minimum atomic E-state index is -0.463. The van der Waals surface area contributed by atoms with Gasteiger partial charge in [-0.25, -0.2) is 0 Å². The highest BCUT2D eigenvalue weighted by molar-refractivity contribution is 5.84. The van der Waals surface area contributed by atoms with Gasteiger partial charge in [-0.05, 0) is 36.4 Å². The fraction of sp³-hybridized carbons (Fsp3) is 0.0556. The SMILES string of the molecule is Fc1ccc2c(n1)N(c1ccccc1)CN2c1ccccc1. The van der Waals surface area contributed by atoms with Crippen LogP contribution in [0.5, 0.6) is 0 Å². The molecule has 4 heteroatoms. The van der Waals surface area contributed by atoms with Crippen molar-refractivity contribution >= 4 is 22.9 Å². The van der Waals surface area contributed by atoms with E-state index in [-0.39, 0.29) is 0 Å². The normalized spacial score (nSPS) is 13.3. The zero-order valence-corrected chi connectivity index (χ0v) is 11.9. The Labute approximate surface area is 128 Å². The minimum absolute atomic E-state index is 0.463. The highest BCUT2D eigenvalue weighted by Gasteiger charge is 2.29. The van der Waals surface area contributed by atoms with Crippen LogP contribution in [0.3, 0.4) is 0 Å². The molecule has 0 aliphatic carbocycles. The van der Waals surface area contributed by atoms with Crippen LogP contribution >= 0.6 is 0 Å². The number of nitrogens with zero attached hydrogens (tertiary/aromatic N) is 3. The standard InChI is InChI=1S/C18H14FN3/c19-17-12-11-16-18(20-17)22(15-9-5-2-6-10-15)13-21(16)14-7-3-1-4-8-14/h1-12H,13H2. The van der Waals surface area contributed by atoms with Gasteiger partial charge in [0.05, 0.1) is 5.69 Å². The molecule has 0 N–H and O–H groups in total. The number of para-hydroxylation sites is 2. The molecule has 4 rings (SSSR count). The Morgan fingerprint density at radius 2 is 1.32 bits per heavy atom. The van der Waals surface area contributed by atoms with Crippen molar-refractivity contribution in [3.63, 3.8) is 0 Å². The molecule has 0 spiro atoms. The predicted molar refractivity (Wildman–Crippen MR) is 86.2 cm³/mol. The number of aromatic nitrogens is 1. The molecular weight excluding hydrogens is 277 g/mol. The van der Waals surface area contributed by atoms with Gasteiger partial charge < -0.3 is 9.80 Å². The monoisotopic (exact) mass is 291 g/mol. The third kappa shape index (κ3) is 2.09. The van der Waals surface area contributed by atoms with Crippen molar-refractivity contribution in [2.24, 2.45) is 0 Å². The Kier molecular flexibility index (Phi) is 3.00. The van der Waals surface area contributed by atoms with Gasteiger partial charge in [-0.3, -0.25) is 0 Å². The fourth-order valence-electron chi connectivity index (χ4n) is 2.75. The third-order valence-corrected chi connectivity index (χ3v) is 3.79. The van der Waals surface area contributed by atoms with Crippen molar-refractivity contribution < 1.29 is 4.39 Å². The van der Waals surface area contributed by atoms with Gasteiger partial charge in [0.15, 0.2) is 5.82 Å². The second-order valence-corrected chi connectivity index (χ2v) is 5.15. The Morgan fingerprint density at radius 1 is 0.727 bits per heavy atom. The van der Waals surface area contributed by atoms with E-state index in [9.17, 15) is 4.39 Å². The van der Waals surface area contributed by atoms with Crippen LogP contribution in [0.4, 0.5) is 27.3 Å². The summed E-state index contributed by atoms with van der Waals surface area (Å²) in [6.07, 6.45) is 0. The maximum absolute atomic E-state index is 13.6. The molecule has 0 amide bonds. The first-order valence-corrected chi connectivity index (χ1v) is 7.15. The smallest absolute Gasteiger partial charge is 0.214 e. The highest BCUT2D eigenvalue weighted by Crippen LogP contribution is 2.42. The molecule has 0 saturated heterocycles. The third-order valence-electron chi connectivity index (χ3n) is 3.79. The van der Waals surface area contributed by atoms with Crippen molar-refractivity contribution in [2.45, 2.75) is 0 Å². The van der Waals surface area contributed by atoms with Crippen LogP contribution in [0.15, 0.2) is 72.8 Å². The summed E-state index contributed by atoms with van der Waals surface area (Å²) < 4.78 is 13.6. The van der Waals surface area contributed by atoms with Gasteiger partial charge >= 0.3 is 0 Å². The molecule has 1 aromatic heterocycles. The van der Waals surface area contributed by atoms with Crippen LogP contribution in [0.25, 0.3) is 0 Å². The van der Waals surface area contributed by atoms with E-state index in [1.807, 2.05) is 65.6 Å². The van der Waals surface area contributed by atoms with Gasteiger partial charge in [-0.1, -0.05) is 36.4 Å². The molecule has 0 radical (unpaired) electrons. The molecule has 2 aromatic carbocycles. The van der Waals surface area contributed by atoms with Crippen molar-refractivity contribution in [2.75, 3.05) is 16.5 Å². The number of fused-ring (bicyclic) bond motifs is 1. The molecule has 2 heterocycles. The molecule has 0 fully saturated rings. The summed E-state index contributed by atoms with van der Waals surface area (Å²) in [6, 6.07) is 23.2. The summed E-state index contributed by atoms with van der Waals surface area (Å²) in [5.41, 5.74) is 2.98. The average Bonchev–Trinajstić information content (AvgIpc) is 2.95. The second-order valence-electron chi connectivity index (χ2n) is 5.15. The van der Waals surface area contributed by atoms with E-state index < -0.39 is 5.95 Å². The van der Waals surface area contributed by atoms with Gasteiger partial charge in [0.2, 0.25) is 5.95 Å². The van der Waals surface area contributed by atoms with Gasteiger partial charge in [-0.2, -0.15) is 9.37 Å². The average molecular weight is 291 g/mol. The molecule has 1 aliphatic heterocycles. The molecule has 0 unspecified atom stereocenters. The molecule has 108 valence electrons. The Balaban J connectivity index is 1.83. The lowest BCUT2D eigenvalue weighted by Crippen LogP contribution is -2.24. The van der Waals surface area contributed by atoms with E-state index in [1.54, 1.807) is 6.07 Å². The van der Waals surface area contributed by atoms with Crippen LogP contribution in [0.1, 0.15) is 0 Å². The first-order valence-electron chi connectivity index (χ1n) is 7.15. The largest absolute Gasteiger partial charge is 0.320 e. The Morgan fingerprint density at radius 3 is 1.95 bits per heavy atom. The molecule has 3 aromatic rings. The van der Waals surface area contributed by atoms with Gasteiger partial charge in [-0.15, -0.1) is 0 Å². The van der Waals surface area contributed by atoms with Gasteiger partial charge in [0.1, 0.15) is 6.67 Å². The van der Waals surface area contributed by atoms with Crippen LogP contribution in [0, 0.1) is 5.95 Å². The first-order chi connectivity index (χ1) is 10.8. The topological polar surface area (TPSA) is 19.4 Å². The number of benzene rings is 2. The fourth-order valence-corrected chi connectivity index (χ4v) is 2.75. The molecular formula is C18H14FN3. The molecule has 1 aliphatic rings. The summed E-state index contributed by atoms with van der Waals surface area (Å²) in [5, 5.41) is 0. The van der Waals surface area contributed by atoms with Crippen molar-refractivity contribution in [1.29, 1.82) is 0 Å². The zero-order valence-electron chi connectivity index (χ0n) is 11.9. The lowest BCUT2D eigenvalue weighted by atomic mass is 10.2. The summed E-state index contributed by atoms with van der Waals surface area (Å²) in [5.74, 6) is 0.185. The summed E-state index contributed by atoms with van der Waals surface area (Å²) >= 11 is 0. The van der Waals surface area contributed by atoms with E-state index in [1.165, 1.54) is 6.07 Å². The predicted octanol–water partition coefficient (Wildman–Crippen LogP) is 4.47. The van der Waals surface area contributed by atoms with E-state index in [4.69, 9.17) is 0 Å². The van der Waals surface area contributed by atoms with Crippen LogP contribution in [-0.4, -0.2) is 11.7 Å². The molecule has 0 atom stereocenters. The molecule has 22 heavy (non-hydrogen) atoms. The first kappa shape index (κ1) is 12.8. The lowest BCUT2D eigenvalue weighted by Gasteiger charge is -2.21. The van der Waals surface area contributed by atoms with Crippen LogP contribution in [-0.2, 0) is 0 Å². The lowest BCUT2D eigenvalue weighted by molar-refractivity contribution is 0.585. The Hall–Kier alpha value is -2.88. The molecule has 0 saturated carbocycles.